The fourth-order valence-corrected chi connectivity index (χ4v) is 4.53. The standard InChI is InChI=1S/C22H25N5OS/c1-16-8-5-6-12-19(16)24-20(28)15-29-22-26-25-21(17-9-7-13-23-14-17)27(22)18-10-3-2-4-11-18/h2-4,7,9-11,13-14,16,19H,5-6,8,12,15H2,1H3,(H,24,28)/t16-,19-/m0/s1. The van der Waals surface area contributed by atoms with E-state index in [0.29, 0.717) is 22.7 Å². The van der Waals surface area contributed by atoms with Crippen molar-refractivity contribution >= 4 is 17.7 Å². The van der Waals surface area contributed by atoms with Gasteiger partial charge in [0.1, 0.15) is 0 Å². The molecule has 1 aliphatic carbocycles. The van der Waals surface area contributed by atoms with Crippen molar-refractivity contribution in [2.75, 3.05) is 5.75 Å². The van der Waals surface area contributed by atoms with Crippen molar-refractivity contribution in [2.24, 2.45) is 5.92 Å². The van der Waals surface area contributed by atoms with Crippen LogP contribution in [0.2, 0.25) is 0 Å². The average Bonchev–Trinajstić information content (AvgIpc) is 3.19. The predicted octanol–water partition coefficient (Wildman–Crippen LogP) is 4.12. The molecule has 1 amide bonds. The van der Waals surface area contributed by atoms with Gasteiger partial charge in [0.05, 0.1) is 5.75 Å². The van der Waals surface area contributed by atoms with Crippen LogP contribution < -0.4 is 5.32 Å². The van der Waals surface area contributed by atoms with Crippen molar-refractivity contribution in [2.45, 2.75) is 43.8 Å². The molecule has 0 saturated heterocycles. The Balaban J connectivity index is 1.53. The fourth-order valence-electron chi connectivity index (χ4n) is 3.76. The summed E-state index contributed by atoms with van der Waals surface area (Å²) in [6, 6.07) is 14.1. The van der Waals surface area contributed by atoms with Crippen LogP contribution in [0.5, 0.6) is 0 Å². The molecule has 1 N–H and O–H groups in total. The maximum Gasteiger partial charge on any atom is 0.230 e. The van der Waals surface area contributed by atoms with Crippen LogP contribution in [-0.4, -0.2) is 37.5 Å². The van der Waals surface area contributed by atoms with Gasteiger partial charge in [0.25, 0.3) is 0 Å². The molecule has 0 radical (unpaired) electrons. The summed E-state index contributed by atoms with van der Waals surface area (Å²) < 4.78 is 1.98. The van der Waals surface area contributed by atoms with Gasteiger partial charge in [-0.3, -0.25) is 14.3 Å². The minimum Gasteiger partial charge on any atom is -0.352 e. The molecule has 2 atom stereocenters. The first-order chi connectivity index (χ1) is 14.2. The van der Waals surface area contributed by atoms with Gasteiger partial charge < -0.3 is 5.32 Å². The van der Waals surface area contributed by atoms with Gasteiger partial charge >= 0.3 is 0 Å². The van der Waals surface area contributed by atoms with E-state index >= 15 is 0 Å². The number of carbonyl (C=O) groups is 1. The molecule has 29 heavy (non-hydrogen) atoms. The Morgan fingerprint density at radius 2 is 1.97 bits per heavy atom. The highest BCUT2D eigenvalue weighted by atomic mass is 32.2. The molecular formula is C22H25N5OS. The van der Waals surface area contributed by atoms with Crippen LogP contribution in [0, 0.1) is 5.92 Å². The minimum absolute atomic E-state index is 0.0549. The molecule has 0 aliphatic heterocycles. The second kappa shape index (κ2) is 9.22. The van der Waals surface area contributed by atoms with Gasteiger partial charge in [-0.15, -0.1) is 10.2 Å². The quantitative estimate of drug-likeness (QED) is 0.623. The summed E-state index contributed by atoms with van der Waals surface area (Å²) in [5.74, 6) is 1.64. The molecule has 3 aromatic rings. The largest absolute Gasteiger partial charge is 0.352 e. The molecule has 0 bridgehead atoms. The number of hydrogen-bond donors (Lipinski definition) is 1. The van der Waals surface area contributed by atoms with Gasteiger partial charge in [-0.1, -0.05) is 49.7 Å². The highest BCUT2D eigenvalue weighted by Gasteiger charge is 2.23. The molecule has 7 heteroatoms. The zero-order chi connectivity index (χ0) is 20.1. The molecule has 2 aromatic heterocycles. The van der Waals surface area contributed by atoms with Crippen molar-refractivity contribution in [1.29, 1.82) is 0 Å². The first kappa shape index (κ1) is 19.6. The lowest BCUT2D eigenvalue weighted by Crippen LogP contribution is -2.41. The zero-order valence-corrected chi connectivity index (χ0v) is 17.3. The van der Waals surface area contributed by atoms with Crippen LogP contribution in [0.15, 0.2) is 60.0 Å². The molecule has 0 unspecified atom stereocenters. The topological polar surface area (TPSA) is 72.7 Å². The third kappa shape index (κ3) is 4.67. The van der Waals surface area contributed by atoms with Crippen molar-refractivity contribution in [3.63, 3.8) is 0 Å². The molecular weight excluding hydrogens is 382 g/mol. The fraction of sp³-hybridized carbons (Fsp3) is 0.364. The summed E-state index contributed by atoms with van der Waals surface area (Å²) in [4.78, 5) is 16.8. The third-order valence-electron chi connectivity index (χ3n) is 5.36. The predicted molar refractivity (Wildman–Crippen MR) is 115 cm³/mol. The van der Waals surface area contributed by atoms with Gasteiger partial charge in [-0.2, -0.15) is 0 Å². The molecule has 1 aliphatic rings. The van der Waals surface area contributed by atoms with Crippen molar-refractivity contribution in [3.8, 4) is 17.1 Å². The third-order valence-corrected chi connectivity index (χ3v) is 6.29. The molecule has 4 rings (SSSR count). The smallest absolute Gasteiger partial charge is 0.230 e. The van der Waals surface area contributed by atoms with Gasteiger partial charge in [0, 0.05) is 29.7 Å². The van der Waals surface area contributed by atoms with Crippen LogP contribution >= 0.6 is 11.8 Å². The van der Waals surface area contributed by atoms with Crippen LogP contribution in [0.4, 0.5) is 0 Å². The van der Waals surface area contributed by atoms with Gasteiger partial charge in [-0.25, -0.2) is 0 Å². The second-order valence-electron chi connectivity index (χ2n) is 7.44. The summed E-state index contributed by atoms with van der Waals surface area (Å²) in [6.45, 7) is 2.23. The summed E-state index contributed by atoms with van der Waals surface area (Å²) in [7, 11) is 0. The molecule has 0 spiro atoms. The normalized spacial score (nSPS) is 19.1. The number of nitrogens with zero attached hydrogens (tertiary/aromatic N) is 4. The van der Waals surface area contributed by atoms with Crippen LogP contribution in [0.1, 0.15) is 32.6 Å². The number of nitrogens with one attached hydrogen (secondary N) is 1. The van der Waals surface area contributed by atoms with E-state index in [-0.39, 0.29) is 11.9 Å². The Labute approximate surface area is 175 Å². The Kier molecular flexibility index (Phi) is 6.24. The van der Waals surface area contributed by atoms with E-state index in [4.69, 9.17) is 0 Å². The number of hydrogen-bond acceptors (Lipinski definition) is 5. The van der Waals surface area contributed by atoms with Gasteiger partial charge in [0.2, 0.25) is 5.91 Å². The number of rotatable bonds is 6. The number of amides is 1. The molecule has 150 valence electrons. The molecule has 2 heterocycles. The lowest BCUT2D eigenvalue weighted by atomic mass is 9.86. The Hall–Kier alpha value is -2.67. The number of carbonyl (C=O) groups excluding carboxylic acids is 1. The van der Waals surface area contributed by atoms with E-state index in [9.17, 15) is 4.79 Å². The van der Waals surface area contributed by atoms with E-state index in [1.165, 1.54) is 31.0 Å². The number of aromatic nitrogens is 4. The molecule has 6 nitrogen and oxygen atoms in total. The Morgan fingerprint density at radius 1 is 1.14 bits per heavy atom. The molecule has 1 fully saturated rings. The Morgan fingerprint density at radius 3 is 2.72 bits per heavy atom. The number of pyridine rings is 1. The number of thioether (sulfide) groups is 1. The van der Waals surface area contributed by atoms with E-state index in [1.807, 2.05) is 47.0 Å². The van der Waals surface area contributed by atoms with Crippen LogP contribution in [0.25, 0.3) is 17.1 Å². The highest BCUT2D eigenvalue weighted by molar-refractivity contribution is 7.99. The lowest BCUT2D eigenvalue weighted by molar-refractivity contribution is -0.119. The first-order valence-corrected chi connectivity index (χ1v) is 11.0. The van der Waals surface area contributed by atoms with Gasteiger partial charge in [-0.05, 0) is 43.0 Å². The zero-order valence-electron chi connectivity index (χ0n) is 16.5. The maximum absolute atomic E-state index is 12.6. The van der Waals surface area contributed by atoms with Crippen molar-refractivity contribution in [1.82, 2.24) is 25.1 Å². The lowest BCUT2D eigenvalue weighted by Gasteiger charge is -2.29. The summed E-state index contributed by atoms with van der Waals surface area (Å²) in [5.41, 5.74) is 1.84. The Bertz CT molecular complexity index is 944. The summed E-state index contributed by atoms with van der Waals surface area (Å²) >= 11 is 1.41. The van der Waals surface area contributed by atoms with Gasteiger partial charge in [0.15, 0.2) is 11.0 Å². The van der Waals surface area contributed by atoms with E-state index in [0.717, 1.165) is 17.7 Å². The summed E-state index contributed by atoms with van der Waals surface area (Å²) in [6.07, 6.45) is 8.23. The van der Waals surface area contributed by atoms with Crippen molar-refractivity contribution in [3.05, 3.63) is 54.9 Å². The van der Waals surface area contributed by atoms with Crippen LogP contribution in [-0.2, 0) is 4.79 Å². The number of benzene rings is 1. The monoisotopic (exact) mass is 407 g/mol. The van der Waals surface area contributed by atoms with Crippen LogP contribution in [0.3, 0.4) is 0 Å². The average molecular weight is 408 g/mol. The van der Waals surface area contributed by atoms with E-state index in [1.54, 1.807) is 12.4 Å². The van der Waals surface area contributed by atoms with E-state index in [2.05, 4.69) is 27.4 Å². The molecule has 1 aromatic carbocycles. The van der Waals surface area contributed by atoms with E-state index < -0.39 is 0 Å². The number of para-hydroxylation sites is 1. The van der Waals surface area contributed by atoms with Crippen molar-refractivity contribution < 1.29 is 4.79 Å². The first-order valence-electron chi connectivity index (χ1n) is 10.1. The molecule has 1 saturated carbocycles. The maximum atomic E-state index is 12.6. The summed E-state index contributed by atoms with van der Waals surface area (Å²) in [5, 5.41) is 12.7. The second-order valence-corrected chi connectivity index (χ2v) is 8.39. The highest BCUT2D eigenvalue weighted by Crippen LogP contribution is 2.28. The SMILES string of the molecule is C[C@H]1CCCC[C@@H]1NC(=O)CSc1nnc(-c2cccnc2)n1-c1ccccc1. The minimum atomic E-state index is 0.0549.